The third-order valence-corrected chi connectivity index (χ3v) is 4.15. The maximum absolute atomic E-state index is 13.5. The van der Waals surface area contributed by atoms with Gasteiger partial charge in [0, 0.05) is 37.3 Å². The summed E-state index contributed by atoms with van der Waals surface area (Å²) in [6, 6.07) is 4.20. The van der Waals surface area contributed by atoms with Gasteiger partial charge in [-0.2, -0.15) is 12.7 Å². The highest BCUT2D eigenvalue weighted by atomic mass is 35.5. The molecule has 0 bridgehead atoms. The smallest absolute Gasteiger partial charge is 0.279 e. The van der Waals surface area contributed by atoms with Crippen molar-refractivity contribution in [2.75, 3.05) is 20.1 Å². The minimum atomic E-state index is -3.68. The molecular formula is C10H15ClFN3O2S. The van der Waals surface area contributed by atoms with E-state index in [0.717, 1.165) is 4.31 Å². The van der Waals surface area contributed by atoms with E-state index in [1.807, 2.05) is 0 Å². The Kier molecular flexibility index (Phi) is 5.48. The Balaban J connectivity index is 2.84. The highest BCUT2D eigenvalue weighted by Gasteiger charge is 2.19. The van der Waals surface area contributed by atoms with Crippen molar-refractivity contribution in [3.05, 3.63) is 34.6 Å². The molecule has 0 aliphatic heterocycles. The Hall–Kier alpha value is -0.730. The Bertz CT molecular complexity index is 490. The van der Waals surface area contributed by atoms with E-state index in [-0.39, 0.29) is 30.2 Å². The Morgan fingerprint density at radius 3 is 2.72 bits per heavy atom. The summed E-state index contributed by atoms with van der Waals surface area (Å²) in [5, 5.41) is 0.191. The Morgan fingerprint density at radius 2 is 2.17 bits per heavy atom. The van der Waals surface area contributed by atoms with Crippen molar-refractivity contribution in [2.24, 2.45) is 5.73 Å². The van der Waals surface area contributed by atoms with Crippen LogP contribution in [0.5, 0.6) is 0 Å². The van der Waals surface area contributed by atoms with Crippen LogP contribution >= 0.6 is 11.6 Å². The van der Waals surface area contributed by atoms with Gasteiger partial charge in [-0.25, -0.2) is 9.11 Å². The summed E-state index contributed by atoms with van der Waals surface area (Å²) in [7, 11) is -2.34. The molecule has 0 aromatic heterocycles. The van der Waals surface area contributed by atoms with Crippen LogP contribution in [0.25, 0.3) is 0 Å². The monoisotopic (exact) mass is 295 g/mol. The molecule has 8 heteroatoms. The second kappa shape index (κ2) is 6.44. The van der Waals surface area contributed by atoms with E-state index in [0.29, 0.717) is 0 Å². The van der Waals surface area contributed by atoms with E-state index in [4.69, 9.17) is 17.3 Å². The molecule has 18 heavy (non-hydrogen) atoms. The van der Waals surface area contributed by atoms with Gasteiger partial charge in [0.05, 0.1) is 0 Å². The van der Waals surface area contributed by atoms with Gasteiger partial charge in [0.15, 0.2) is 0 Å². The van der Waals surface area contributed by atoms with Crippen LogP contribution in [0.15, 0.2) is 18.2 Å². The summed E-state index contributed by atoms with van der Waals surface area (Å²) in [6.45, 7) is 0.163. The minimum Gasteiger partial charge on any atom is -0.329 e. The zero-order chi connectivity index (χ0) is 13.8. The molecule has 3 N–H and O–H groups in total. The van der Waals surface area contributed by atoms with Gasteiger partial charge in [0.2, 0.25) is 0 Å². The van der Waals surface area contributed by atoms with Crippen molar-refractivity contribution in [1.29, 1.82) is 0 Å². The number of rotatable bonds is 6. The molecule has 5 nitrogen and oxygen atoms in total. The molecule has 0 spiro atoms. The lowest BCUT2D eigenvalue weighted by Gasteiger charge is -2.18. The largest absolute Gasteiger partial charge is 0.329 e. The van der Waals surface area contributed by atoms with Crippen LogP contribution < -0.4 is 10.5 Å². The molecule has 1 rings (SSSR count). The van der Waals surface area contributed by atoms with Crippen molar-refractivity contribution in [1.82, 2.24) is 9.03 Å². The van der Waals surface area contributed by atoms with E-state index in [1.54, 1.807) is 0 Å². The fourth-order valence-corrected chi connectivity index (χ4v) is 2.41. The van der Waals surface area contributed by atoms with Crippen LogP contribution in [-0.4, -0.2) is 32.9 Å². The van der Waals surface area contributed by atoms with Crippen LogP contribution in [0.3, 0.4) is 0 Å². The molecule has 0 heterocycles. The topological polar surface area (TPSA) is 75.4 Å². The molecule has 0 aliphatic carbocycles. The molecule has 0 aliphatic rings. The third-order valence-electron chi connectivity index (χ3n) is 2.28. The molecule has 1 aromatic rings. The zero-order valence-corrected chi connectivity index (χ0v) is 11.4. The number of hydrogen-bond acceptors (Lipinski definition) is 3. The molecule has 0 unspecified atom stereocenters. The van der Waals surface area contributed by atoms with Crippen molar-refractivity contribution >= 4 is 21.8 Å². The second-order valence-corrected chi connectivity index (χ2v) is 5.91. The number of nitrogens with one attached hydrogen (secondary N) is 1. The Morgan fingerprint density at radius 1 is 1.50 bits per heavy atom. The van der Waals surface area contributed by atoms with Gasteiger partial charge < -0.3 is 5.73 Å². The van der Waals surface area contributed by atoms with Crippen LogP contribution in [0.2, 0.25) is 5.02 Å². The summed E-state index contributed by atoms with van der Waals surface area (Å²) in [6.07, 6.45) is 0. The van der Waals surface area contributed by atoms with Crippen molar-refractivity contribution in [3.8, 4) is 0 Å². The summed E-state index contributed by atoms with van der Waals surface area (Å²) >= 11 is 5.83. The van der Waals surface area contributed by atoms with Gasteiger partial charge in [-0.1, -0.05) is 17.7 Å². The molecule has 0 saturated heterocycles. The first-order valence-electron chi connectivity index (χ1n) is 5.22. The summed E-state index contributed by atoms with van der Waals surface area (Å²) in [5.41, 5.74) is 5.35. The first-order chi connectivity index (χ1) is 8.38. The number of nitrogens with zero attached hydrogens (tertiary/aromatic N) is 1. The van der Waals surface area contributed by atoms with Gasteiger partial charge in [-0.15, -0.1) is 0 Å². The van der Waals surface area contributed by atoms with Crippen LogP contribution in [0, 0.1) is 5.82 Å². The standard InChI is InChI=1S/C10H15ClFN3O2S/c1-15(18(16,17)14-6-5-13)7-8-9(11)3-2-4-10(8)12/h2-4,14H,5-7,13H2,1H3. The molecule has 0 fully saturated rings. The summed E-state index contributed by atoms with van der Waals surface area (Å²) < 4.78 is 40.2. The molecule has 0 atom stereocenters. The summed E-state index contributed by atoms with van der Waals surface area (Å²) in [4.78, 5) is 0. The van der Waals surface area contributed by atoms with E-state index in [2.05, 4.69) is 4.72 Å². The number of benzene rings is 1. The maximum atomic E-state index is 13.5. The highest BCUT2D eigenvalue weighted by molar-refractivity contribution is 7.87. The molecule has 0 saturated carbocycles. The fourth-order valence-electron chi connectivity index (χ4n) is 1.29. The second-order valence-electron chi connectivity index (χ2n) is 3.64. The van der Waals surface area contributed by atoms with Crippen molar-refractivity contribution in [2.45, 2.75) is 6.54 Å². The fraction of sp³-hybridized carbons (Fsp3) is 0.400. The zero-order valence-electron chi connectivity index (χ0n) is 9.86. The van der Waals surface area contributed by atoms with E-state index in [9.17, 15) is 12.8 Å². The average Bonchev–Trinajstić information content (AvgIpc) is 2.31. The van der Waals surface area contributed by atoms with Crippen LogP contribution in [0.1, 0.15) is 5.56 Å². The van der Waals surface area contributed by atoms with Crippen LogP contribution in [-0.2, 0) is 16.8 Å². The highest BCUT2D eigenvalue weighted by Crippen LogP contribution is 2.20. The molecule has 1 aromatic carbocycles. The number of hydrogen-bond donors (Lipinski definition) is 2. The van der Waals surface area contributed by atoms with Gasteiger partial charge in [0.1, 0.15) is 5.82 Å². The van der Waals surface area contributed by atoms with Gasteiger partial charge >= 0.3 is 0 Å². The summed E-state index contributed by atoms with van der Waals surface area (Å²) in [5.74, 6) is -0.539. The predicted octanol–water partition coefficient (Wildman–Crippen LogP) is 0.704. The maximum Gasteiger partial charge on any atom is 0.279 e. The molecule has 102 valence electrons. The molecule has 0 radical (unpaired) electrons. The van der Waals surface area contributed by atoms with Crippen molar-refractivity contribution < 1.29 is 12.8 Å². The van der Waals surface area contributed by atoms with Gasteiger partial charge in [-0.3, -0.25) is 0 Å². The molecule has 0 amide bonds. The first-order valence-corrected chi connectivity index (χ1v) is 7.04. The van der Waals surface area contributed by atoms with Gasteiger partial charge in [0.25, 0.3) is 10.2 Å². The SMILES string of the molecule is CN(Cc1c(F)cccc1Cl)S(=O)(=O)NCCN. The van der Waals surface area contributed by atoms with Crippen molar-refractivity contribution in [3.63, 3.8) is 0 Å². The predicted molar refractivity (Wildman–Crippen MR) is 68.9 cm³/mol. The van der Waals surface area contributed by atoms with E-state index >= 15 is 0 Å². The van der Waals surface area contributed by atoms with Crippen LogP contribution in [0.4, 0.5) is 4.39 Å². The lowest BCUT2D eigenvalue weighted by molar-refractivity contribution is 0.446. The third kappa shape index (κ3) is 3.89. The first kappa shape index (κ1) is 15.3. The normalized spacial score (nSPS) is 12.1. The lowest BCUT2D eigenvalue weighted by Crippen LogP contribution is -2.40. The van der Waals surface area contributed by atoms with E-state index < -0.39 is 16.0 Å². The number of nitrogens with two attached hydrogens (primary N) is 1. The lowest BCUT2D eigenvalue weighted by atomic mass is 10.2. The quantitative estimate of drug-likeness (QED) is 0.811. The number of halogens is 2. The average molecular weight is 296 g/mol. The minimum absolute atomic E-state index is 0.123. The van der Waals surface area contributed by atoms with E-state index in [1.165, 1.54) is 25.2 Å². The Labute approximate surface area is 111 Å². The van der Waals surface area contributed by atoms with Gasteiger partial charge in [-0.05, 0) is 12.1 Å². The molecular weight excluding hydrogens is 281 g/mol.